The Morgan fingerprint density at radius 3 is 2.62 bits per heavy atom. The van der Waals surface area contributed by atoms with Gasteiger partial charge < -0.3 is 10.6 Å². The minimum absolute atomic E-state index is 0.287. The number of hydrogen-bond donors (Lipinski definition) is 2. The first kappa shape index (κ1) is 15.8. The van der Waals surface area contributed by atoms with Gasteiger partial charge in [-0.15, -0.1) is 5.10 Å². The summed E-state index contributed by atoms with van der Waals surface area (Å²) >= 11 is 0. The SMILES string of the molecule is O=C(NCc1ccncc1)Nc1ccc2nc(-c3ccccc3)nn2c1. The van der Waals surface area contributed by atoms with Gasteiger partial charge >= 0.3 is 6.03 Å². The number of carbonyl (C=O) groups excluding carboxylic acids is 1. The van der Waals surface area contributed by atoms with Crippen LogP contribution < -0.4 is 10.6 Å². The van der Waals surface area contributed by atoms with Gasteiger partial charge in [-0.1, -0.05) is 30.3 Å². The summed E-state index contributed by atoms with van der Waals surface area (Å²) in [6.45, 7) is 0.429. The maximum atomic E-state index is 12.1. The highest BCUT2D eigenvalue weighted by atomic mass is 16.2. The van der Waals surface area contributed by atoms with Crippen molar-refractivity contribution in [3.63, 3.8) is 0 Å². The van der Waals surface area contributed by atoms with Crippen LogP contribution in [0.25, 0.3) is 17.0 Å². The predicted octanol–water partition coefficient (Wildman–Crippen LogP) is 3.11. The van der Waals surface area contributed by atoms with Gasteiger partial charge in [-0.05, 0) is 29.8 Å². The van der Waals surface area contributed by atoms with Crippen molar-refractivity contribution in [3.8, 4) is 11.4 Å². The normalized spacial score (nSPS) is 10.6. The van der Waals surface area contributed by atoms with E-state index < -0.39 is 0 Å². The number of amides is 2. The zero-order valence-electron chi connectivity index (χ0n) is 13.8. The Labute approximate surface area is 149 Å². The Morgan fingerprint density at radius 2 is 1.81 bits per heavy atom. The van der Waals surface area contributed by atoms with Crippen molar-refractivity contribution in [1.29, 1.82) is 0 Å². The lowest BCUT2D eigenvalue weighted by Gasteiger charge is -2.07. The molecule has 1 aromatic carbocycles. The van der Waals surface area contributed by atoms with E-state index >= 15 is 0 Å². The lowest BCUT2D eigenvalue weighted by molar-refractivity contribution is 0.251. The van der Waals surface area contributed by atoms with Crippen LogP contribution in [0.1, 0.15) is 5.56 Å². The van der Waals surface area contributed by atoms with E-state index in [1.807, 2.05) is 48.5 Å². The van der Waals surface area contributed by atoms with E-state index in [9.17, 15) is 4.79 Å². The van der Waals surface area contributed by atoms with Gasteiger partial charge in [0.1, 0.15) is 0 Å². The second-order valence-corrected chi connectivity index (χ2v) is 5.69. The van der Waals surface area contributed by atoms with E-state index in [0.29, 0.717) is 23.7 Å². The molecule has 0 spiro atoms. The summed E-state index contributed by atoms with van der Waals surface area (Å²) in [4.78, 5) is 20.5. The standard InChI is InChI=1S/C19H16N6O/c26-19(21-12-14-8-10-20-11-9-14)22-16-6-7-17-23-18(24-25(17)13-16)15-4-2-1-3-5-15/h1-11,13H,12H2,(H2,21,22,26). The molecule has 0 fully saturated rings. The van der Waals surface area contributed by atoms with Crippen LogP contribution in [0.2, 0.25) is 0 Å². The summed E-state index contributed by atoms with van der Waals surface area (Å²) in [6.07, 6.45) is 5.12. The van der Waals surface area contributed by atoms with E-state index in [4.69, 9.17) is 0 Å². The molecule has 128 valence electrons. The monoisotopic (exact) mass is 344 g/mol. The number of nitrogens with zero attached hydrogens (tertiary/aromatic N) is 4. The van der Waals surface area contributed by atoms with Crippen LogP contribution in [0, 0.1) is 0 Å². The zero-order chi connectivity index (χ0) is 17.8. The second-order valence-electron chi connectivity index (χ2n) is 5.69. The minimum Gasteiger partial charge on any atom is -0.334 e. The molecule has 0 unspecified atom stereocenters. The van der Waals surface area contributed by atoms with E-state index in [1.54, 1.807) is 29.2 Å². The Bertz CT molecular complexity index is 1030. The summed E-state index contributed by atoms with van der Waals surface area (Å²) in [5.41, 5.74) is 3.27. The van der Waals surface area contributed by atoms with Crippen molar-refractivity contribution in [2.75, 3.05) is 5.32 Å². The van der Waals surface area contributed by atoms with E-state index in [-0.39, 0.29) is 6.03 Å². The smallest absolute Gasteiger partial charge is 0.319 e. The number of fused-ring (bicyclic) bond motifs is 1. The molecule has 2 amide bonds. The lowest BCUT2D eigenvalue weighted by atomic mass is 10.2. The van der Waals surface area contributed by atoms with Crippen LogP contribution in [-0.4, -0.2) is 25.6 Å². The maximum Gasteiger partial charge on any atom is 0.319 e. The van der Waals surface area contributed by atoms with Gasteiger partial charge in [0, 0.05) is 24.5 Å². The van der Waals surface area contributed by atoms with Gasteiger partial charge in [-0.3, -0.25) is 4.98 Å². The second kappa shape index (κ2) is 7.02. The molecule has 0 bridgehead atoms. The van der Waals surface area contributed by atoms with Gasteiger partial charge in [-0.25, -0.2) is 14.3 Å². The van der Waals surface area contributed by atoms with Gasteiger partial charge in [0.2, 0.25) is 0 Å². The lowest BCUT2D eigenvalue weighted by Crippen LogP contribution is -2.28. The molecule has 0 aliphatic heterocycles. The van der Waals surface area contributed by atoms with Crippen LogP contribution in [0.3, 0.4) is 0 Å². The Morgan fingerprint density at radius 1 is 1.00 bits per heavy atom. The number of aromatic nitrogens is 4. The third kappa shape index (κ3) is 3.51. The number of hydrogen-bond acceptors (Lipinski definition) is 4. The van der Waals surface area contributed by atoms with Crippen LogP contribution in [0.5, 0.6) is 0 Å². The molecule has 3 aromatic heterocycles. The molecular formula is C19H16N6O. The topological polar surface area (TPSA) is 84.2 Å². The Kier molecular flexibility index (Phi) is 4.26. The van der Waals surface area contributed by atoms with Crippen molar-refractivity contribution < 1.29 is 4.79 Å². The van der Waals surface area contributed by atoms with E-state index in [1.165, 1.54) is 0 Å². The molecule has 7 heteroatoms. The quantitative estimate of drug-likeness (QED) is 0.596. The summed E-state index contributed by atoms with van der Waals surface area (Å²) in [6, 6.07) is 16.8. The zero-order valence-corrected chi connectivity index (χ0v) is 13.8. The van der Waals surface area contributed by atoms with Crippen LogP contribution >= 0.6 is 0 Å². The van der Waals surface area contributed by atoms with E-state index in [2.05, 4.69) is 25.7 Å². The van der Waals surface area contributed by atoms with Crippen molar-refractivity contribution >= 4 is 17.4 Å². The van der Waals surface area contributed by atoms with Crippen LogP contribution in [-0.2, 0) is 6.54 Å². The molecule has 0 saturated heterocycles. The minimum atomic E-state index is -0.287. The van der Waals surface area contributed by atoms with Crippen molar-refractivity contribution in [1.82, 2.24) is 24.9 Å². The molecule has 0 aliphatic rings. The highest BCUT2D eigenvalue weighted by molar-refractivity contribution is 5.89. The summed E-state index contributed by atoms with van der Waals surface area (Å²) in [5.74, 6) is 0.643. The molecule has 2 N–H and O–H groups in total. The van der Waals surface area contributed by atoms with Gasteiger partial charge in [0.05, 0.1) is 11.9 Å². The van der Waals surface area contributed by atoms with Gasteiger partial charge in [-0.2, -0.15) is 0 Å². The summed E-state index contributed by atoms with van der Waals surface area (Å²) in [5, 5.41) is 10.1. The number of nitrogens with one attached hydrogen (secondary N) is 2. The van der Waals surface area contributed by atoms with E-state index in [0.717, 1.165) is 11.1 Å². The number of rotatable bonds is 4. The number of carbonyl (C=O) groups is 1. The van der Waals surface area contributed by atoms with Gasteiger partial charge in [0.25, 0.3) is 0 Å². The number of anilines is 1. The van der Waals surface area contributed by atoms with Crippen LogP contribution in [0.15, 0.2) is 73.2 Å². The number of urea groups is 1. The summed E-state index contributed by atoms with van der Waals surface area (Å²) < 4.78 is 1.65. The Balaban J connectivity index is 1.46. The molecule has 0 saturated carbocycles. The highest BCUT2D eigenvalue weighted by Crippen LogP contribution is 2.17. The van der Waals surface area contributed by atoms with Gasteiger partial charge in [0.15, 0.2) is 11.5 Å². The fourth-order valence-electron chi connectivity index (χ4n) is 2.52. The highest BCUT2D eigenvalue weighted by Gasteiger charge is 2.08. The molecule has 7 nitrogen and oxygen atoms in total. The number of pyridine rings is 2. The van der Waals surface area contributed by atoms with Crippen molar-refractivity contribution in [2.24, 2.45) is 0 Å². The third-order valence-corrected chi connectivity index (χ3v) is 3.82. The molecule has 3 heterocycles. The first-order chi connectivity index (χ1) is 12.8. The average molecular weight is 344 g/mol. The fraction of sp³-hybridized carbons (Fsp3) is 0.0526. The predicted molar refractivity (Wildman–Crippen MR) is 98.5 cm³/mol. The van der Waals surface area contributed by atoms with Crippen molar-refractivity contribution in [3.05, 3.63) is 78.8 Å². The van der Waals surface area contributed by atoms with Crippen LogP contribution in [0.4, 0.5) is 10.5 Å². The molecule has 4 aromatic rings. The molecular weight excluding hydrogens is 328 g/mol. The molecule has 0 atom stereocenters. The maximum absolute atomic E-state index is 12.1. The molecule has 0 radical (unpaired) electrons. The molecule has 4 rings (SSSR count). The Hall–Kier alpha value is -3.74. The summed E-state index contributed by atoms with van der Waals surface area (Å²) in [7, 11) is 0. The average Bonchev–Trinajstić information content (AvgIpc) is 3.11. The third-order valence-electron chi connectivity index (χ3n) is 3.82. The largest absolute Gasteiger partial charge is 0.334 e. The molecule has 0 aliphatic carbocycles. The molecule has 26 heavy (non-hydrogen) atoms. The number of benzene rings is 1. The van der Waals surface area contributed by atoms with Crippen molar-refractivity contribution in [2.45, 2.75) is 6.54 Å². The first-order valence-electron chi connectivity index (χ1n) is 8.13. The first-order valence-corrected chi connectivity index (χ1v) is 8.13. The fourth-order valence-corrected chi connectivity index (χ4v) is 2.52.